The molecule has 1 aromatic heterocycles. The quantitative estimate of drug-likeness (QED) is 0.887. The zero-order chi connectivity index (χ0) is 12.1. The molecule has 2 rings (SSSR count). The first-order valence-corrected chi connectivity index (χ1v) is 7.09. The van der Waals surface area contributed by atoms with Gasteiger partial charge in [-0.3, -0.25) is 0 Å². The Kier molecular flexibility index (Phi) is 4.74. The van der Waals surface area contributed by atoms with E-state index in [4.69, 9.17) is 0 Å². The predicted octanol–water partition coefficient (Wildman–Crippen LogP) is 3.33. The molecule has 1 unspecified atom stereocenters. The minimum atomic E-state index is -0.415. The molecule has 2 nitrogen and oxygen atoms in total. The fraction of sp³-hybridized carbons (Fsp3) is 0.231. The van der Waals surface area contributed by atoms with Gasteiger partial charge in [-0.25, -0.2) is 0 Å². The zero-order valence-corrected chi connectivity index (χ0v) is 11.7. The number of hydrogen-bond donors (Lipinski definition) is 2. The van der Waals surface area contributed by atoms with Crippen molar-refractivity contribution in [2.45, 2.75) is 12.6 Å². The number of thiophene rings is 1. The summed E-state index contributed by atoms with van der Waals surface area (Å²) in [5, 5.41) is 15.1. The third kappa shape index (κ3) is 3.92. The van der Waals surface area contributed by atoms with Crippen molar-refractivity contribution in [3.63, 3.8) is 0 Å². The van der Waals surface area contributed by atoms with Gasteiger partial charge in [-0.15, -0.1) is 11.3 Å². The van der Waals surface area contributed by atoms with Crippen LogP contribution in [-0.2, 0) is 6.54 Å². The monoisotopic (exact) mass is 311 g/mol. The lowest BCUT2D eigenvalue weighted by Crippen LogP contribution is -2.20. The van der Waals surface area contributed by atoms with Gasteiger partial charge in [-0.1, -0.05) is 34.1 Å². The first-order valence-electron chi connectivity index (χ1n) is 5.42. The number of aliphatic hydroxyl groups excluding tert-OH is 1. The van der Waals surface area contributed by atoms with Crippen LogP contribution in [0.5, 0.6) is 0 Å². The number of rotatable bonds is 5. The molecule has 0 bridgehead atoms. The normalized spacial score (nSPS) is 12.6. The lowest BCUT2D eigenvalue weighted by atomic mass is 10.2. The third-order valence-corrected chi connectivity index (χ3v) is 3.89. The highest BCUT2D eigenvalue weighted by molar-refractivity contribution is 9.10. The molecule has 1 atom stereocenters. The largest absolute Gasteiger partial charge is 0.386 e. The van der Waals surface area contributed by atoms with Gasteiger partial charge in [0.1, 0.15) is 6.10 Å². The van der Waals surface area contributed by atoms with Crippen LogP contribution < -0.4 is 5.32 Å². The molecule has 0 saturated heterocycles. The smallest absolute Gasteiger partial charge is 0.101 e. The summed E-state index contributed by atoms with van der Waals surface area (Å²) in [6.45, 7) is 1.34. The molecule has 0 aliphatic heterocycles. The molecule has 1 heterocycles. The molecule has 0 amide bonds. The van der Waals surface area contributed by atoms with Crippen molar-refractivity contribution in [3.05, 3.63) is 56.7 Å². The van der Waals surface area contributed by atoms with Gasteiger partial charge < -0.3 is 10.4 Å². The summed E-state index contributed by atoms with van der Waals surface area (Å²) in [5.41, 5.74) is 1.21. The maximum absolute atomic E-state index is 9.88. The summed E-state index contributed by atoms with van der Waals surface area (Å²) < 4.78 is 1.08. The molecule has 2 aromatic rings. The van der Waals surface area contributed by atoms with E-state index in [1.807, 2.05) is 29.6 Å². The molecule has 17 heavy (non-hydrogen) atoms. The maximum Gasteiger partial charge on any atom is 0.101 e. The van der Waals surface area contributed by atoms with E-state index in [1.165, 1.54) is 5.56 Å². The highest BCUT2D eigenvalue weighted by Gasteiger charge is 2.07. The molecule has 0 fully saturated rings. The van der Waals surface area contributed by atoms with Gasteiger partial charge in [0.2, 0.25) is 0 Å². The fourth-order valence-electron chi connectivity index (χ4n) is 1.58. The average molecular weight is 312 g/mol. The molecule has 0 spiro atoms. The van der Waals surface area contributed by atoms with Gasteiger partial charge in [0, 0.05) is 22.4 Å². The van der Waals surface area contributed by atoms with E-state index >= 15 is 0 Å². The van der Waals surface area contributed by atoms with Gasteiger partial charge in [0.15, 0.2) is 0 Å². The highest BCUT2D eigenvalue weighted by Crippen LogP contribution is 2.18. The SMILES string of the molecule is OC(CNCc1cccc(Br)c1)c1cccs1. The average Bonchev–Trinajstić information content (AvgIpc) is 2.82. The van der Waals surface area contributed by atoms with Crippen LogP contribution in [0.2, 0.25) is 0 Å². The number of aliphatic hydroxyl groups is 1. The molecule has 0 aliphatic rings. The van der Waals surface area contributed by atoms with Crippen LogP contribution in [-0.4, -0.2) is 11.7 Å². The van der Waals surface area contributed by atoms with Crippen molar-refractivity contribution in [1.29, 1.82) is 0 Å². The zero-order valence-electron chi connectivity index (χ0n) is 9.27. The summed E-state index contributed by atoms with van der Waals surface area (Å²) >= 11 is 5.02. The van der Waals surface area contributed by atoms with Gasteiger partial charge in [-0.05, 0) is 29.1 Å². The van der Waals surface area contributed by atoms with Crippen molar-refractivity contribution in [2.75, 3.05) is 6.54 Å². The molecule has 90 valence electrons. The van der Waals surface area contributed by atoms with Crippen LogP contribution in [0.15, 0.2) is 46.3 Å². The van der Waals surface area contributed by atoms with Crippen LogP contribution in [0.3, 0.4) is 0 Å². The second-order valence-electron chi connectivity index (χ2n) is 3.79. The predicted molar refractivity (Wildman–Crippen MR) is 75.1 cm³/mol. The Morgan fingerprint density at radius 1 is 1.29 bits per heavy atom. The number of halogens is 1. The minimum Gasteiger partial charge on any atom is -0.386 e. The number of hydrogen-bond acceptors (Lipinski definition) is 3. The van der Waals surface area contributed by atoms with E-state index in [0.29, 0.717) is 6.54 Å². The summed E-state index contributed by atoms with van der Waals surface area (Å²) in [6.07, 6.45) is -0.415. The number of nitrogens with one attached hydrogen (secondary N) is 1. The van der Waals surface area contributed by atoms with Crippen LogP contribution in [0.1, 0.15) is 16.5 Å². The Labute approximate surface area is 113 Å². The summed E-state index contributed by atoms with van der Waals surface area (Å²) in [6, 6.07) is 12.1. The Morgan fingerprint density at radius 2 is 2.18 bits per heavy atom. The second-order valence-corrected chi connectivity index (χ2v) is 5.69. The van der Waals surface area contributed by atoms with E-state index in [1.54, 1.807) is 11.3 Å². The summed E-state index contributed by atoms with van der Waals surface area (Å²) in [5.74, 6) is 0. The van der Waals surface area contributed by atoms with Crippen LogP contribution in [0.4, 0.5) is 0 Å². The first-order chi connectivity index (χ1) is 8.25. The van der Waals surface area contributed by atoms with Gasteiger partial charge in [-0.2, -0.15) is 0 Å². The Balaban J connectivity index is 1.80. The second kappa shape index (κ2) is 6.31. The van der Waals surface area contributed by atoms with E-state index in [2.05, 4.69) is 33.4 Å². The highest BCUT2D eigenvalue weighted by atomic mass is 79.9. The number of benzene rings is 1. The van der Waals surface area contributed by atoms with Crippen molar-refractivity contribution in [2.24, 2.45) is 0 Å². The summed E-state index contributed by atoms with van der Waals surface area (Å²) in [4.78, 5) is 1.01. The molecule has 1 aromatic carbocycles. The molecular formula is C13H14BrNOS. The van der Waals surface area contributed by atoms with Gasteiger partial charge in [0.25, 0.3) is 0 Å². The molecule has 2 N–H and O–H groups in total. The van der Waals surface area contributed by atoms with Gasteiger partial charge in [0.05, 0.1) is 0 Å². The Hall–Kier alpha value is -0.680. The van der Waals surface area contributed by atoms with Crippen LogP contribution >= 0.6 is 27.3 Å². The van der Waals surface area contributed by atoms with Crippen LogP contribution in [0.25, 0.3) is 0 Å². The Bertz CT molecular complexity index is 458. The molecule has 0 aliphatic carbocycles. The van der Waals surface area contributed by atoms with E-state index in [0.717, 1.165) is 15.9 Å². The maximum atomic E-state index is 9.88. The van der Waals surface area contributed by atoms with Crippen LogP contribution in [0, 0.1) is 0 Å². The minimum absolute atomic E-state index is 0.415. The van der Waals surface area contributed by atoms with Crippen molar-refractivity contribution in [1.82, 2.24) is 5.32 Å². The Morgan fingerprint density at radius 3 is 2.88 bits per heavy atom. The topological polar surface area (TPSA) is 32.3 Å². The van der Waals surface area contributed by atoms with Crippen molar-refractivity contribution >= 4 is 27.3 Å². The van der Waals surface area contributed by atoms with Crippen molar-refractivity contribution in [3.8, 4) is 0 Å². The summed E-state index contributed by atoms with van der Waals surface area (Å²) in [7, 11) is 0. The molecular weight excluding hydrogens is 298 g/mol. The van der Waals surface area contributed by atoms with E-state index in [9.17, 15) is 5.11 Å². The third-order valence-electron chi connectivity index (χ3n) is 2.43. The standard InChI is InChI=1S/C13H14BrNOS/c14-11-4-1-3-10(7-11)8-15-9-12(16)13-5-2-6-17-13/h1-7,12,15-16H,8-9H2. The fourth-order valence-corrected chi connectivity index (χ4v) is 2.74. The molecule has 0 radical (unpaired) electrons. The molecule has 0 saturated carbocycles. The molecule has 4 heteroatoms. The van der Waals surface area contributed by atoms with Crippen molar-refractivity contribution < 1.29 is 5.11 Å². The first kappa shape index (κ1) is 12.8. The van der Waals surface area contributed by atoms with E-state index in [-0.39, 0.29) is 0 Å². The lowest BCUT2D eigenvalue weighted by molar-refractivity contribution is 0.178. The van der Waals surface area contributed by atoms with E-state index < -0.39 is 6.10 Å². The van der Waals surface area contributed by atoms with Gasteiger partial charge >= 0.3 is 0 Å². The lowest BCUT2D eigenvalue weighted by Gasteiger charge is -2.10.